The molecule has 0 bridgehead atoms. The molecule has 0 radical (unpaired) electrons. The van der Waals surface area contributed by atoms with Gasteiger partial charge in [-0.25, -0.2) is 0 Å². The predicted molar refractivity (Wildman–Crippen MR) is 32.1 cm³/mol. The summed E-state index contributed by atoms with van der Waals surface area (Å²) in [5, 5.41) is 5.79. The van der Waals surface area contributed by atoms with Gasteiger partial charge in [-0.15, -0.1) is 0 Å². The highest BCUT2D eigenvalue weighted by Gasteiger charge is 1.77. The molecule has 4 nitrogen and oxygen atoms in total. The van der Waals surface area contributed by atoms with Crippen molar-refractivity contribution in [2.24, 2.45) is 5.73 Å². The maximum atomic E-state index is 5.12. The van der Waals surface area contributed by atoms with Crippen molar-refractivity contribution in [3.8, 4) is 0 Å². The van der Waals surface area contributed by atoms with Crippen LogP contribution in [0.1, 0.15) is 0 Å². The van der Waals surface area contributed by atoms with Gasteiger partial charge in [-0.05, 0) is 0 Å². The van der Waals surface area contributed by atoms with Crippen molar-refractivity contribution in [1.29, 1.82) is 0 Å². The third kappa shape index (κ3) is 5.84. The largest absolute Gasteiger partial charge is 0.370 e. The number of rotatable bonds is 5. The molecular formula is C4H13N3O. The second-order valence-electron chi connectivity index (χ2n) is 1.31. The van der Waals surface area contributed by atoms with E-state index in [4.69, 9.17) is 10.5 Å². The summed E-state index contributed by atoms with van der Waals surface area (Å²) in [6, 6.07) is 0. The van der Waals surface area contributed by atoms with E-state index in [9.17, 15) is 0 Å². The molecule has 50 valence electrons. The molecule has 0 rings (SSSR count). The van der Waals surface area contributed by atoms with Crippen LogP contribution < -0.4 is 16.4 Å². The number of nitrogens with two attached hydrogens (primary N) is 1. The second kappa shape index (κ2) is 6.84. The molecule has 0 saturated heterocycles. The van der Waals surface area contributed by atoms with E-state index in [1.807, 2.05) is 0 Å². The first-order chi connectivity index (χ1) is 3.91. The Morgan fingerprint density at radius 3 is 2.75 bits per heavy atom. The molecule has 0 aromatic heterocycles. The molecule has 0 aliphatic rings. The van der Waals surface area contributed by atoms with Crippen molar-refractivity contribution in [1.82, 2.24) is 10.6 Å². The minimum Gasteiger partial charge on any atom is -0.370 e. The molecule has 4 heteroatoms. The van der Waals surface area contributed by atoms with Gasteiger partial charge in [-0.3, -0.25) is 10.6 Å². The average Bonchev–Trinajstić information content (AvgIpc) is 1.81. The van der Waals surface area contributed by atoms with E-state index < -0.39 is 0 Å². The monoisotopic (exact) mass is 119 g/mol. The van der Waals surface area contributed by atoms with Crippen molar-refractivity contribution in [3.63, 3.8) is 0 Å². The standard InChI is InChI=1S/C4H13N3O/c1-8-4-7-3-6-2-5/h6-7H,2-5H2,1H3. The number of nitrogens with one attached hydrogen (secondary N) is 2. The van der Waals surface area contributed by atoms with E-state index in [0.29, 0.717) is 20.1 Å². The van der Waals surface area contributed by atoms with Crippen molar-refractivity contribution >= 4 is 0 Å². The molecule has 0 atom stereocenters. The van der Waals surface area contributed by atoms with Gasteiger partial charge in [-0.2, -0.15) is 0 Å². The first-order valence-electron chi connectivity index (χ1n) is 2.52. The molecule has 0 aliphatic carbocycles. The van der Waals surface area contributed by atoms with Crippen LogP contribution in [0, 0.1) is 0 Å². The molecular weight excluding hydrogens is 106 g/mol. The summed E-state index contributed by atoms with van der Waals surface area (Å²) in [7, 11) is 1.63. The molecule has 0 aliphatic heterocycles. The lowest BCUT2D eigenvalue weighted by Gasteiger charge is -2.01. The summed E-state index contributed by atoms with van der Waals surface area (Å²) in [5.74, 6) is 0. The Labute approximate surface area is 49.4 Å². The molecule has 0 heterocycles. The third-order valence-corrected chi connectivity index (χ3v) is 0.641. The summed E-state index contributed by atoms with van der Waals surface area (Å²) in [4.78, 5) is 0. The van der Waals surface area contributed by atoms with Crippen molar-refractivity contribution in [3.05, 3.63) is 0 Å². The maximum absolute atomic E-state index is 5.12. The number of hydrogen-bond acceptors (Lipinski definition) is 4. The van der Waals surface area contributed by atoms with Gasteiger partial charge in [0.05, 0.1) is 6.73 Å². The fourth-order valence-electron chi connectivity index (χ4n) is 0.314. The van der Waals surface area contributed by atoms with Gasteiger partial charge < -0.3 is 10.5 Å². The second-order valence-corrected chi connectivity index (χ2v) is 1.31. The third-order valence-electron chi connectivity index (χ3n) is 0.641. The van der Waals surface area contributed by atoms with Gasteiger partial charge in [-0.1, -0.05) is 0 Å². The van der Waals surface area contributed by atoms with Crippen LogP contribution in [0.3, 0.4) is 0 Å². The molecule has 0 saturated carbocycles. The average molecular weight is 119 g/mol. The maximum Gasteiger partial charge on any atom is 0.0971 e. The fourth-order valence-corrected chi connectivity index (χ4v) is 0.314. The Hall–Kier alpha value is -0.160. The Bertz CT molecular complexity index is 36.3. The van der Waals surface area contributed by atoms with Crippen molar-refractivity contribution in [2.45, 2.75) is 0 Å². The van der Waals surface area contributed by atoms with Gasteiger partial charge in [0.2, 0.25) is 0 Å². The lowest BCUT2D eigenvalue weighted by atomic mass is 10.9. The molecule has 0 amide bonds. The summed E-state index contributed by atoms with van der Waals surface area (Å²) in [5.41, 5.74) is 5.12. The topological polar surface area (TPSA) is 59.3 Å². The minimum absolute atomic E-state index is 0.497. The van der Waals surface area contributed by atoms with E-state index in [1.165, 1.54) is 0 Å². The first kappa shape index (κ1) is 7.84. The minimum atomic E-state index is 0.497. The Balaban J connectivity index is 2.53. The van der Waals surface area contributed by atoms with Crippen molar-refractivity contribution < 1.29 is 4.74 Å². The lowest BCUT2D eigenvalue weighted by molar-refractivity contribution is 0.173. The molecule has 4 N–H and O–H groups in total. The van der Waals surface area contributed by atoms with Crippen molar-refractivity contribution in [2.75, 3.05) is 27.2 Å². The summed E-state index contributed by atoms with van der Waals surface area (Å²) >= 11 is 0. The fraction of sp³-hybridized carbons (Fsp3) is 1.00. The molecule has 0 unspecified atom stereocenters. The van der Waals surface area contributed by atoms with Crippen LogP contribution in [0.4, 0.5) is 0 Å². The zero-order valence-electron chi connectivity index (χ0n) is 5.11. The normalized spacial score (nSPS) is 9.75. The van der Waals surface area contributed by atoms with Gasteiger partial charge >= 0.3 is 0 Å². The van der Waals surface area contributed by atoms with Crippen LogP contribution in [0.25, 0.3) is 0 Å². The van der Waals surface area contributed by atoms with E-state index in [2.05, 4.69) is 10.6 Å². The van der Waals surface area contributed by atoms with E-state index in [-0.39, 0.29) is 0 Å². The van der Waals surface area contributed by atoms with Crippen LogP contribution in [-0.4, -0.2) is 27.2 Å². The predicted octanol–water partition coefficient (Wildman–Crippen LogP) is -1.36. The van der Waals surface area contributed by atoms with E-state index in [1.54, 1.807) is 7.11 Å². The number of methoxy groups -OCH3 is 1. The Morgan fingerprint density at radius 2 is 2.25 bits per heavy atom. The zero-order chi connectivity index (χ0) is 6.24. The van der Waals surface area contributed by atoms with Crippen LogP contribution in [0.2, 0.25) is 0 Å². The van der Waals surface area contributed by atoms with Crippen LogP contribution in [-0.2, 0) is 4.74 Å². The number of ether oxygens (including phenoxy) is 1. The van der Waals surface area contributed by atoms with E-state index >= 15 is 0 Å². The lowest BCUT2D eigenvalue weighted by Crippen LogP contribution is -2.33. The summed E-state index contributed by atoms with van der Waals surface area (Å²) < 4.78 is 4.70. The SMILES string of the molecule is COCNCNCN. The highest BCUT2D eigenvalue weighted by atomic mass is 16.5. The number of hydrogen-bond donors (Lipinski definition) is 3. The highest BCUT2D eigenvalue weighted by Crippen LogP contribution is 1.54. The zero-order valence-corrected chi connectivity index (χ0v) is 5.11. The van der Waals surface area contributed by atoms with Crippen LogP contribution >= 0.6 is 0 Å². The molecule has 0 fully saturated rings. The summed E-state index contributed by atoms with van der Waals surface area (Å²) in [6.45, 7) is 1.76. The van der Waals surface area contributed by atoms with Gasteiger partial charge in [0, 0.05) is 20.4 Å². The van der Waals surface area contributed by atoms with E-state index in [0.717, 1.165) is 0 Å². The van der Waals surface area contributed by atoms with Gasteiger partial charge in [0.15, 0.2) is 0 Å². The van der Waals surface area contributed by atoms with Crippen LogP contribution in [0.15, 0.2) is 0 Å². The first-order valence-corrected chi connectivity index (χ1v) is 2.52. The Kier molecular flexibility index (Phi) is 6.70. The molecule has 8 heavy (non-hydrogen) atoms. The molecule has 0 spiro atoms. The summed E-state index contributed by atoms with van der Waals surface area (Å²) in [6.07, 6.45) is 0. The highest BCUT2D eigenvalue weighted by molar-refractivity contribution is 4.33. The quantitative estimate of drug-likeness (QED) is 0.309. The van der Waals surface area contributed by atoms with Gasteiger partial charge in [0.25, 0.3) is 0 Å². The Morgan fingerprint density at radius 1 is 1.50 bits per heavy atom. The molecule has 0 aromatic carbocycles. The van der Waals surface area contributed by atoms with Crippen LogP contribution in [0.5, 0.6) is 0 Å². The molecule has 0 aromatic rings. The smallest absolute Gasteiger partial charge is 0.0971 e. The van der Waals surface area contributed by atoms with Gasteiger partial charge in [0.1, 0.15) is 0 Å².